The molecule has 1 aromatic carbocycles. The molecule has 1 aliphatic rings. The molecule has 1 atom stereocenters. The number of rotatable bonds is 4. The number of carbonyl (C=O) groups is 2. The van der Waals surface area contributed by atoms with Gasteiger partial charge in [-0.05, 0) is 36.3 Å². The molecule has 1 aliphatic carbocycles. The quantitative estimate of drug-likeness (QED) is 0.858. The van der Waals surface area contributed by atoms with E-state index in [2.05, 4.69) is 12.2 Å². The summed E-state index contributed by atoms with van der Waals surface area (Å²) in [7, 11) is 1.38. The molecule has 0 unspecified atom stereocenters. The average Bonchev–Trinajstić information content (AvgIpc) is 2.91. The summed E-state index contributed by atoms with van der Waals surface area (Å²) in [6, 6.07) is 9.58. The van der Waals surface area contributed by atoms with E-state index in [9.17, 15) is 9.59 Å². The number of hydrogen-bond donors (Lipinski definition) is 1. The van der Waals surface area contributed by atoms with E-state index in [0.29, 0.717) is 22.9 Å². The van der Waals surface area contributed by atoms with E-state index in [-0.39, 0.29) is 11.9 Å². The molecule has 4 nitrogen and oxygen atoms in total. The monoisotopic (exact) mass is 343 g/mol. The number of carbonyl (C=O) groups excluding carboxylic acids is 2. The minimum Gasteiger partial charge on any atom is -0.465 e. The lowest BCUT2D eigenvalue weighted by atomic mass is 9.88. The van der Waals surface area contributed by atoms with Crippen LogP contribution in [0.3, 0.4) is 0 Å². The molecule has 0 fully saturated rings. The second-order valence-corrected chi connectivity index (χ2v) is 7.36. The van der Waals surface area contributed by atoms with Crippen LogP contribution in [0.2, 0.25) is 0 Å². The lowest BCUT2D eigenvalue weighted by Gasteiger charge is -2.18. The molecule has 0 spiro atoms. The van der Waals surface area contributed by atoms with Crippen LogP contribution < -0.4 is 5.32 Å². The zero-order chi connectivity index (χ0) is 17.1. The molecule has 0 aliphatic heterocycles. The predicted octanol–water partition coefficient (Wildman–Crippen LogP) is 3.84. The van der Waals surface area contributed by atoms with Crippen LogP contribution in [-0.2, 0) is 28.8 Å². The van der Waals surface area contributed by atoms with Crippen LogP contribution in [0.15, 0.2) is 30.3 Å². The molecule has 1 amide bonds. The highest BCUT2D eigenvalue weighted by atomic mass is 32.1. The summed E-state index contributed by atoms with van der Waals surface area (Å²) in [5.41, 5.74) is 2.55. The molecule has 0 saturated carbocycles. The lowest BCUT2D eigenvalue weighted by molar-refractivity contribution is -0.115. The number of ether oxygens (including phenoxy) is 1. The van der Waals surface area contributed by atoms with E-state index in [1.807, 2.05) is 30.3 Å². The van der Waals surface area contributed by atoms with E-state index in [1.54, 1.807) is 0 Å². The highest BCUT2D eigenvalue weighted by Gasteiger charge is 2.28. The summed E-state index contributed by atoms with van der Waals surface area (Å²) < 4.78 is 4.94. The maximum absolute atomic E-state index is 12.4. The third kappa shape index (κ3) is 3.51. The molecule has 0 saturated heterocycles. The van der Waals surface area contributed by atoms with Gasteiger partial charge in [0.1, 0.15) is 5.00 Å². The number of fused-ring (bicyclic) bond motifs is 1. The average molecular weight is 343 g/mol. The Bertz CT molecular complexity index is 751. The van der Waals surface area contributed by atoms with Gasteiger partial charge in [-0.2, -0.15) is 0 Å². The van der Waals surface area contributed by atoms with E-state index < -0.39 is 0 Å². The van der Waals surface area contributed by atoms with E-state index in [0.717, 1.165) is 30.4 Å². The Hall–Kier alpha value is -2.14. The van der Waals surface area contributed by atoms with Gasteiger partial charge in [-0.3, -0.25) is 4.79 Å². The fourth-order valence-corrected chi connectivity index (χ4v) is 4.52. The number of esters is 1. The van der Waals surface area contributed by atoms with Crippen LogP contribution in [0, 0.1) is 5.92 Å². The highest BCUT2D eigenvalue weighted by Crippen LogP contribution is 2.40. The third-order valence-electron chi connectivity index (χ3n) is 4.36. The van der Waals surface area contributed by atoms with Gasteiger partial charge in [0, 0.05) is 4.88 Å². The molecule has 0 radical (unpaired) electrons. The standard InChI is InChI=1S/C19H21NO3S/c1-12-8-9-14-15(10-12)24-18(17(14)19(22)23-2)20-16(21)11-13-6-4-3-5-7-13/h3-7,12H,8-11H2,1-2H3,(H,20,21)/t12-/m0/s1. The molecule has 3 rings (SSSR count). The second kappa shape index (κ2) is 7.18. The first-order valence-electron chi connectivity index (χ1n) is 8.15. The smallest absolute Gasteiger partial charge is 0.341 e. The van der Waals surface area contributed by atoms with Crippen LogP contribution in [0.25, 0.3) is 0 Å². The van der Waals surface area contributed by atoms with Gasteiger partial charge >= 0.3 is 5.97 Å². The number of thiophene rings is 1. The van der Waals surface area contributed by atoms with E-state index in [1.165, 1.54) is 23.3 Å². The molecule has 0 bridgehead atoms. The summed E-state index contributed by atoms with van der Waals surface area (Å²) >= 11 is 1.52. The highest BCUT2D eigenvalue weighted by molar-refractivity contribution is 7.17. The summed E-state index contributed by atoms with van der Waals surface area (Å²) in [6.07, 6.45) is 3.18. The van der Waals surface area contributed by atoms with Crippen LogP contribution >= 0.6 is 11.3 Å². The Kier molecular flexibility index (Phi) is 5.00. The Morgan fingerprint density at radius 3 is 2.75 bits per heavy atom. The van der Waals surface area contributed by atoms with Crippen LogP contribution in [0.4, 0.5) is 5.00 Å². The number of benzene rings is 1. The van der Waals surface area contributed by atoms with Crippen molar-refractivity contribution in [3.05, 3.63) is 51.9 Å². The van der Waals surface area contributed by atoms with Crippen molar-refractivity contribution in [1.29, 1.82) is 0 Å². The first kappa shape index (κ1) is 16.7. The number of methoxy groups -OCH3 is 1. The Morgan fingerprint density at radius 1 is 1.29 bits per heavy atom. The first-order valence-corrected chi connectivity index (χ1v) is 8.96. The predicted molar refractivity (Wildman–Crippen MR) is 95.6 cm³/mol. The van der Waals surface area contributed by atoms with Gasteiger partial charge in [0.15, 0.2) is 0 Å². The normalized spacial score (nSPS) is 16.3. The summed E-state index contributed by atoms with van der Waals surface area (Å²) in [4.78, 5) is 25.8. The Morgan fingerprint density at radius 2 is 2.04 bits per heavy atom. The second-order valence-electron chi connectivity index (χ2n) is 6.26. The van der Waals surface area contributed by atoms with Gasteiger partial charge in [0.05, 0.1) is 19.1 Å². The lowest BCUT2D eigenvalue weighted by Crippen LogP contribution is -2.17. The molecular formula is C19H21NO3S. The number of hydrogen-bond acceptors (Lipinski definition) is 4. The molecule has 1 N–H and O–H groups in total. The van der Waals surface area contributed by atoms with E-state index in [4.69, 9.17) is 4.74 Å². The number of anilines is 1. The fraction of sp³-hybridized carbons (Fsp3) is 0.368. The molecule has 2 aromatic rings. The Labute approximate surface area is 145 Å². The Balaban J connectivity index is 1.84. The van der Waals surface area contributed by atoms with Crippen molar-refractivity contribution in [1.82, 2.24) is 0 Å². The first-order chi connectivity index (χ1) is 11.6. The largest absolute Gasteiger partial charge is 0.465 e. The molecule has 5 heteroatoms. The minimum absolute atomic E-state index is 0.113. The zero-order valence-corrected chi connectivity index (χ0v) is 14.7. The maximum Gasteiger partial charge on any atom is 0.341 e. The van der Waals surface area contributed by atoms with Gasteiger partial charge in [-0.25, -0.2) is 4.79 Å². The van der Waals surface area contributed by atoms with Crippen molar-refractivity contribution in [3.63, 3.8) is 0 Å². The number of amides is 1. The van der Waals surface area contributed by atoms with Crippen LogP contribution in [0.5, 0.6) is 0 Å². The van der Waals surface area contributed by atoms with Crippen LogP contribution in [-0.4, -0.2) is 19.0 Å². The molecule has 24 heavy (non-hydrogen) atoms. The number of nitrogens with one attached hydrogen (secondary N) is 1. The zero-order valence-electron chi connectivity index (χ0n) is 13.9. The minimum atomic E-state index is -0.364. The molecular weight excluding hydrogens is 322 g/mol. The van der Waals surface area contributed by atoms with Gasteiger partial charge in [0.2, 0.25) is 5.91 Å². The molecule has 1 heterocycles. The third-order valence-corrected chi connectivity index (χ3v) is 5.53. The summed E-state index contributed by atoms with van der Waals surface area (Å²) in [5, 5.41) is 3.55. The molecule has 126 valence electrons. The van der Waals surface area contributed by atoms with Gasteiger partial charge < -0.3 is 10.1 Å². The molecule has 1 aromatic heterocycles. The van der Waals surface area contributed by atoms with Gasteiger partial charge in [-0.15, -0.1) is 11.3 Å². The van der Waals surface area contributed by atoms with E-state index >= 15 is 0 Å². The van der Waals surface area contributed by atoms with Crippen LogP contribution in [0.1, 0.15) is 39.7 Å². The maximum atomic E-state index is 12.4. The SMILES string of the molecule is COC(=O)c1c(NC(=O)Cc2ccccc2)sc2c1CC[C@H](C)C2. The van der Waals surface area contributed by atoms with Crippen molar-refractivity contribution in [2.24, 2.45) is 5.92 Å². The van der Waals surface area contributed by atoms with Crippen molar-refractivity contribution < 1.29 is 14.3 Å². The van der Waals surface area contributed by atoms with Crippen molar-refractivity contribution in [2.45, 2.75) is 32.6 Å². The van der Waals surface area contributed by atoms with Gasteiger partial charge in [-0.1, -0.05) is 37.3 Å². The van der Waals surface area contributed by atoms with Crippen molar-refractivity contribution >= 4 is 28.2 Å². The topological polar surface area (TPSA) is 55.4 Å². The van der Waals surface area contributed by atoms with Crippen molar-refractivity contribution in [2.75, 3.05) is 12.4 Å². The summed E-state index contributed by atoms with van der Waals surface area (Å²) in [6.45, 7) is 2.22. The summed E-state index contributed by atoms with van der Waals surface area (Å²) in [5.74, 6) is 0.129. The van der Waals surface area contributed by atoms with Crippen molar-refractivity contribution in [3.8, 4) is 0 Å². The fourth-order valence-electron chi connectivity index (χ4n) is 3.11. The van der Waals surface area contributed by atoms with Gasteiger partial charge in [0.25, 0.3) is 0 Å².